The van der Waals surface area contributed by atoms with Crippen LogP contribution >= 0.6 is 11.6 Å². The number of morpholine rings is 1. The number of nitrogens with one attached hydrogen (secondary N) is 3. The quantitative estimate of drug-likeness (QED) is 0.301. The first kappa shape index (κ1) is 25.2. The van der Waals surface area contributed by atoms with Gasteiger partial charge >= 0.3 is 0 Å². The van der Waals surface area contributed by atoms with E-state index >= 15 is 0 Å². The summed E-state index contributed by atoms with van der Waals surface area (Å²) >= 11 is 6.55. The first-order chi connectivity index (χ1) is 18.5. The Morgan fingerprint density at radius 3 is 2.55 bits per heavy atom. The summed E-state index contributed by atoms with van der Waals surface area (Å²) in [5.74, 6) is -0.864. The first-order valence-corrected chi connectivity index (χ1v) is 12.1. The average molecular weight is 536 g/mol. The van der Waals surface area contributed by atoms with Crippen LogP contribution in [0.1, 0.15) is 16.1 Å². The van der Waals surface area contributed by atoms with E-state index in [1.54, 1.807) is 29.4 Å². The number of halogens is 2. The molecule has 13 heteroatoms. The monoisotopic (exact) mass is 535 g/mol. The van der Waals surface area contributed by atoms with Gasteiger partial charge in [0, 0.05) is 31.0 Å². The topological polar surface area (TPSA) is 130 Å². The summed E-state index contributed by atoms with van der Waals surface area (Å²) in [6, 6.07) is 7.08. The number of rotatable bonds is 7. The number of ether oxygens (including phenoxy) is 1. The Morgan fingerprint density at radius 2 is 1.84 bits per heavy atom. The number of aryl methyl sites for hydroxylation is 1. The minimum atomic E-state index is -0.549. The van der Waals surface area contributed by atoms with Gasteiger partial charge in [0.05, 0.1) is 42.0 Å². The highest BCUT2D eigenvalue weighted by molar-refractivity contribution is 6.33. The maximum Gasteiger partial charge on any atom is 0.288 e. The van der Waals surface area contributed by atoms with Crippen molar-refractivity contribution in [3.8, 4) is 11.1 Å². The number of anilines is 4. The van der Waals surface area contributed by atoms with Crippen molar-refractivity contribution < 1.29 is 13.9 Å². The highest BCUT2D eigenvalue weighted by Crippen LogP contribution is 2.33. The van der Waals surface area contributed by atoms with Crippen LogP contribution in [-0.4, -0.2) is 57.1 Å². The number of amides is 1. The molecule has 0 unspecified atom stereocenters. The Balaban J connectivity index is 1.22. The van der Waals surface area contributed by atoms with E-state index in [0.717, 1.165) is 28.6 Å². The molecular weight excluding hydrogens is 513 g/mol. The van der Waals surface area contributed by atoms with E-state index in [9.17, 15) is 9.18 Å². The Labute approximate surface area is 222 Å². The van der Waals surface area contributed by atoms with Gasteiger partial charge in [0.25, 0.3) is 5.91 Å². The SMILES string of the molecule is Cc1cc(-c2cncnc2)cc(Cl)c1Nc1ccc(C(=O)NNc2ncc(F)c(N3CCOCC3)n2)nc1. The molecule has 0 spiro atoms. The van der Waals surface area contributed by atoms with Gasteiger partial charge < -0.3 is 15.0 Å². The van der Waals surface area contributed by atoms with Gasteiger partial charge in [0.2, 0.25) is 5.95 Å². The minimum absolute atomic E-state index is 0.0511. The van der Waals surface area contributed by atoms with Gasteiger partial charge in [0.1, 0.15) is 12.0 Å². The van der Waals surface area contributed by atoms with Crippen molar-refractivity contribution in [1.82, 2.24) is 30.3 Å². The van der Waals surface area contributed by atoms with E-state index in [2.05, 4.69) is 41.1 Å². The van der Waals surface area contributed by atoms with Gasteiger partial charge in [-0.25, -0.2) is 24.3 Å². The summed E-state index contributed by atoms with van der Waals surface area (Å²) in [4.78, 5) is 34.7. The fourth-order valence-corrected chi connectivity index (χ4v) is 4.17. The lowest BCUT2D eigenvalue weighted by Gasteiger charge is -2.28. The van der Waals surface area contributed by atoms with Crippen molar-refractivity contribution in [1.29, 1.82) is 0 Å². The zero-order valence-electron chi connectivity index (χ0n) is 20.3. The van der Waals surface area contributed by atoms with Crippen LogP contribution in [0.15, 0.2) is 55.4 Å². The zero-order valence-corrected chi connectivity index (χ0v) is 21.0. The minimum Gasteiger partial charge on any atom is -0.378 e. The number of carbonyl (C=O) groups excluding carboxylic acids is 1. The molecule has 0 saturated carbocycles. The number of carbonyl (C=O) groups is 1. The fraction of sp³-hybridized carbons (Fsp3) is 0.200. The Bertz CT molecular complexity index is 1410. The molecule has 3 aromatic heterocycles. The van der Waals surface area contributed by atoms with E-state index in [0.29, 0.717) is 37.0 Å². The maximum absolute atomic E-state index is 14.2. The predicted molar refractivity (Wildman–Crippen MR) is 141 cm³/mol. The summed E-state index contributed by atoms with van der Waals surface area (Å²) in [5, 5.41) is 3.76. The molecule has 1 aliphatic heterocycles. The van der Waals surface area contributed by atoms with Crippen LogP contribution in [0.4, 0.5) is 27.5 Å². The van der Waals surface area contributed by atoms with Crippen LogP contribution in [0.25, 0.3) is 11.1 Å². The van der Waals surface area contributed by atoms with E-state index in [1.807, 2.05) is 19.1 Å². The van der Waals surface area contributed by atoms with E-state index in [1.165, 1.54) is 12.5 Å². The molecule has 1 fully saturated rings. The molecule has 0 atom stereocenters. The zero-order chi connectivity index (χ0) is 26.5. The third-order valence-corrected chi connectivity index (χ3v) is 6.07. The van der Waals surface area contributed by atoms with Crippen molar-refractivity contribution in [2.45, 2.75) is 6.92 Å². The molecule has 1 saturated heterocycles. The van der Waals surface area contributed by atoms with Crippen molar-refractivity contribution in [2.24, 2.45) is 0 Å². The molecule has 4 heterocycles. The van der Waals surface area contributed by atoms with Crippen molar-refractivity contribution >= 4 is 40.6 Å². The van der Waals surface area contributed by atoms with Crippen LogP contribution < -0.4 is 21.1 Å². The molecule has 1 aliphatic rings. The molecule has 4 aromatic rings. The Hall–Kier alpha value is -4.42. The molecule has 38 heavy (non-hydrogen) atoms. The standard InChI is InChI=1S/C25H23ClFN9O2/c1-15-8-16(17-10-28-14-29-11-17)9-19(26)22(15)32-18-2-3-21(30-12-18)24(37)34-35-25-31-13-20(27)23(33-25)36-4-6-38-7-5-36/h2-3,8-14,32H,4-7H2,1H3,(H,34,37)(H,31,33,35). The molecule has 194 valence electrons. The van der Waals surface area contributed by atoms with Gasteiger partial charge in [-0.2, -0.15) is 4.98 Å². The summed E-state index contributed by atoms with van der Waals surface area (Å²) in [6.07, 6.45) is 7.49. The number of aromatic nitrogens is 5. The second kappa shape index (κ2) is 11.3. The van der Waals surface area contributed by atoms with E-state index in [4.69, 9.17) is 16.3 Å². The second-order valence-electron chi connectivity index (χ2n) is 8.38. The maximum atomic E-state index is 14.2. The van der Waals surface area contributed by atoms with Crippen LogP contribution in [-0.2, 0) is 4.74 Å². The third-order valence-electron chi connectivity index (χ3n) is 5.77. The molecule has 11 nitrogen and oxygen atoms in total. The molecule has 5 rings (SSSR count). The summed E-state index contributed by atoms with van der Waals surface area (Å²) < 4.78 is 19.5. The first-order valence-electron chi connectivity index (χ1n) is 11.7. The van der Waals surface area contributed by atoms with Gasteiger partial charge in [0.15, 0.2) is 11.6 Å². The van der Waals surface area contributed by atoms with E-state index < -0.39 is 11.7 Å². The van der Waals surface area contributed by atoms with Crippen LogP contribution in [0.3, 0.4) is 0 Å². The van der Waals surface area contributed by atoms with Gasteiger partial charge in [-0.3, -0.25) is 15.6 Å². The molecule has 0 bridgehead atoms. The summed E-state index contributed by atoms with van der Waals surface area (Å²) in [7, 11) is 0. The number of pyridine rings is 1. The average Bonchev–Trinajstić information content (AvgIpc) is 2.95. The largest absolute Gasteiger partial charge is 0.378 e. The molecule has 1 aromatic carbocycles. The van der Waals surface area contributed by atoms with Gasteiger partial charge in [-0.05, 0) is 42.3 Å². The molecule has 0 aliphatic carbocycles. The lowest BCUT2D eigenvalue weighted by Crippen LogP contribution is -2.38. The van der Waals surface area contributed by atoms with E-state index in [-0.39, 0.29) is 17.5 Å². The lowest BCUT2D eigenvalue weighted by atomic mass is 10.0. The fourth-order valence-electron chi connectivity index (χ4n) is 3.86. The van der Waals surface area contributed by atoms with Crippen molar-refractivity contribution in [3.63, 3.8) is 0 Å². The smallest absolute Gasteiger partial charge is 0.288 e. The number of benzene rings is 1. The highest BCUT2D eigenvalue weighted by atomic mass is 35.5. The Morgan fingerprint density at radius 1 is 1.05 bits per heavy atom. The summed E-state index contributed by atoms with van der Waals surface area (Å²) in [5.41, 5.74) is 9.28. The molecule has 0 radical (unpaired) electrons. The predicted octanol–water partition coefficient (Wildman–Crippen LogP) is 3.77. The van der Waals surface area contributed by atoms with Crippen LogP contribution in [0, 0.1) is 12.7 Å². The lowest BCUT2D eigenvalue weighted by molar-refractivity contribution is 0.0957. The van der Waals surface area contributed by atoms with Crippen LogP contribution in [0.2, 0.25) is 5.02 Å². The van der Waals surface area contributed by atoms with Gasteiger partial charge in [-0.1, -0.05) is 11.6 Å². The molecule has 1 amide bonds. The van der Waals surface area contributed by atoms with Gasteiger partial charge in [-0.15, -0.1) is 0 Å². The number of nitrogens with zero attached hydrogens (tertiary/aromatic N) is 6. The summed E-state index contributed by atoms with van der Waals surface area (Å²) in [6.45, 7) is 3.94. The molecular formula is C25H23ClFN9O2. The van der Waals surface area contributed by atoms with Crippen molar-refractivity contribution in [2.75, 3.05) is 41.9 Å². The highest BCUT2D eigenvalue weighted by Gasteiger charge is 2.18. The Kier molecular flexibility index (Phi) is 7.52. The van der Waals surface area contributed by atoms with Crippen LogP contribution in [0.5, 0.6) is 0 Å². The third kappa shape index (κ3) is 5.76. The number of hydrogen-bond donors (Lipinski definition) is 3. The number of hydrazine groups is 1. The number of hydrogen-bond acceptors (Lipinski definition) is 10. The normalized spacial score (nSPS) is 13.2. The second-order valence-corrected chi connectivity index (χ2v) is 8.79. The van der Waals surface area contributed by atoms with Crippen molar-refractivity contribution in [3.05, 3.63) is 77.5 Å². The molecule has 3 N–H and O–H groups in total.